The Morgan fingerprint density at radius 3 is 1.24 bits per heavy atom. The standard InChI is InChI=1S/C26H47NO10S.4Na/c1-2-3-4-5-6-7-8-9-10-11-12-13-14-15-16-17-18-27(21(25(31)32)19-24(29)30)23(28)20-22(26(33)34)38(35,36)37;;;;/h21-22H,2-20H2,1H3,(H,29,30)(H,31,32)(H,33,34)(H,35,36,37);;;;/q;4*+1/p-4/t21-,22?;;;;/m0..../s1. The predicted octanol–water partition coefficient (Wildman–Crippen LogP) is -11.6. The number of carboxylic acids is 3. The van der Waals surface area contributed by atoms with E-state index in [1.54, 1.807) is 0 Å². The first-order valence-electron chi connectivity index (χ1n) is 13.8. The van der Waals surface area contributed by atoms with Crippen molar-refractivity contribution in [2.24, 2.45) is 0 Å². The molecule has 0 aromatic heterocycles. The molecule has 0 aromatic rings. The number of carbonyl (C=O) groups excluding carboxylic acids is 4. The number of hydrogen-bond donors (Lipinski definition) is 0. The zero-order valence-corrected chi connectivity index (χ0v) is 35.3. The minimum atomic E-state index is -5.46. The third-order valence-electron chi connectivity index (χ3n) is 6.55. The molecule has 0 saturated carbocycles. The monoisotopic (exact) mass is 653 g/mol. The maximum absolute atomic E-state index is 12.6. The van der Waals surface area contributed by atoms with E-state index in [0.29, 0.717) is 11.3 Å². The molecule has 1 unspecified atom stereocenters. The number of carboxylic acid groups (broad SMARTS) is 3. The molecule has 0 aliphatic rings. The molecule has 42 heavy (non-hydrogen) atoms. The fourth-order valence-electron chi connectivity index (χ4n) is 4.34. The summed E-state index contributed by atoms with van der Waals surface area (Å²) in [4.78, 5) is 46.5. The molecule has 0 heterocycles. The number of carbonyl (C=O) groups is 4. The molecule has 0 saturated heterocycles. The quantitative estimate of drug-likeness (QED) is 0.0518. The number of amides is 1. The molecule has 0 spiro atoms. The van der Waals surface area contributed by atoms with E-state index in [4.69, 9.17) is 0 Å². The van der Waals surface area contributed by atoms with Crippen LogP contribution in [0.5, 0.6) is 0 Å². The second-order valence-corrected chi connectivity index (χ2v) is 11.4. The fourth-order valence-corrected chi connectivity index (χ4v) is 4.92. The van der Waals surface area contributed by atoms with Crippen molar-refractivity contribution in [3.63, 3.8) is 0 Å². The Kier molecular flexibility index (Phi) is 41.5. The summed E-state index contributed by atoms with van der Waals surface area (Å²) in [5.74, 6) is -7.33. The van der Waals surface area contributed by atoms with Gasteiger partial charge in [-0.3, -0.25) is 4.79 Å². The molecule has 0 aliphatic heterocycles. The van der Waals surface area contributed by atoms with Crippen molar-refractivity contribution in [1.29, 1.82) is 0 Å². The molecule has 0 rings (SSSR count). The van der Waals surface area contributed by atoms with Crippen molar-refractivity contribution < 1.29 is 166 Å². The van der Waals surface area contributed by atoms with E-state index in [-0.39, 0.29) is 131 Å². The maximum atomic E-state index is 12.6. The molecule has 0 N–H and O–H groups in total. The topological polar surface area (TPSA) is 198 Å². The largest absolute Gasteiger partial charge is 1.00 e. The van der Waals surface area contributed by atoms with Gasteiger partial charge in [0.05, 0.1) is 23.2 Å². The van der Waals surface area contributed by atoms with Crippen LogP contribution in [0.15, 0.2) is 0 Å². The molecule has 16 heteroatoms. The van der Waals surface area contributed by atoms with Gasteiger partial charge in [-0.2, -0.15) is 0 Å². The Morgan fingerprint density at radius 2 is 0.952 bits per heavy atom. The first-order chi connectivity index (χ1) is 17.9. The second kappa shape index (κ2) is 32.7. The van der Waals surface area contributed by atoms with Crippen molar-refractivity contribution in [2.75, 3.05) is 6.54 Å². The van der Waals surface area contributed by atoms with Crippen molar-refractivity contribution in [1.82, 2.24) is 4.90 Å². The van der Waals surface area contributed by atoms with Crippen LogP contribution in [0.3, 0.4) is 0 Å². The number of nitrogens with zero attached hydrogens (tertiary/aromatic N) is 1. The number of hydrogen-bond acceptors (Lipinski definition) is 10. The summed E-state index contributed by atoms with van der Waals surface area (Å²) in [5.41, 5.74) is 0. The van der Waals surface area contributed by atoms with Crippen LogP contribution in [0.4, 0.5) is 0 Å². The summed E-state index contributed by atoms with van der Waals surface area (Å²) in [7, 11) is -5.46. The summed E-state index contributed by atoms with van der Waals surface area (Å²) < 4.78 is 33.4. The minimum Gasteiger partial charge on any atom is -0.747 e. The Morgan fingerprint density at radius 1 is 0.595 bits per heavy atom. The molecule has 0 radical (unpaired) electrons. The van der Waals surface area contributed by atoms with Crippen LogP contribution in [0, 0.1) is 0 Å². The molecule has 0 bridgehead atoms. The van der Waals surface area contributed by atoms with Crippen molar-refractivity contribution >= 4 is 33.9 Å². The normalized spacial score (nSPS) is 11.9. The minimum absolute atomic E-state index is 0. The van der Waals surface area contributed by atoms with Gasteiger partial charge in [0.25, 0.3) is 0 Å². The molecule has 0 aromatic carbocycles. The maximum Gasteiger partial charge on any atom is 1.00 e. The fraction of sp³-hybridized carbons (Fsp3) is 0.846. The molecule has 11 nitrogen and oxygen atoms in total. The third-order valence-corrected chi connectivity index (χ3v) is 7.61. The SMILES string of the molecule is CCCCCCCCCCCCCCCCCCN(C(=O)CC(C(=O)[O-])S(=O)(=O)[O-])[C@@H](CC(=O)[O-])C(=O)[O-].[Na+].[Na+].[Na+].[Na+]. The first kappa shape index (κ1) is 53.3. The van der Waals surface area contributed by atoms with Crippen LogP contribution in [0.1, 0.15) is 122 Å². The molecule has 222 valence electrons. The summed E-state index contributed by atoms with van der Waals surface area (Å²) in [5, 5.41) is 30.7. The predicted molar refractivity (Wildman–Crippen MR) is 133 cm³/mol. The molecule has 0 aliphatic carbocycles. The molecule has 0 fully saturated rings. The molecular weight excluding hydrogens is 610 g/mol. The summed E-state index contributed by atoms with van der Waals surface area (Å²) in [6.45, 7) is 1.94. The zero-order chi connectivity index (χ0) is 29.0. The van der Waals surface area contributed by atoms with E-state index >= 15 is 0 Å². The van der Waals surface area contributed by atoms with Crippen LogP contribution in [-0.2, 0) is 29.3 Å². The molecular formula is C26H43NNa4O10S. The molecule has 2 atom stereocenters. The van der Waals surface area contributed by atoms with Crippen LogP contribution < -0.4 is 134 Å². The van der Waals surface area contributed by atoms with Crippen LogP contribution in [0.2, 0.25) is 0 Å². The van der Waals surface area contributed by atoms with Gasteiger partial charge < -0.3 is 39.2 Å². The van der Waals surface area contributed by atoms with E-state index in [1.165, 1.54) is 57.8 Å². The smallest absolute Gasteiger partial charge is 0.747 e. The average Bonchev–Trinajstić information content (AvgIpc) is 2.82. The van der Waals surface area contributed by atoms with Gasteiger partial charge in [-0.25, -0.2) is 8.42 Å². The number of rotatable bonds is 25. The number of unbranched alkanes of at least 4 members (excludes halogenated alkanes) is 15. The van der Waals surface area contributed by atoms with Gasteiger partial charge in [-0.05, 0) is 6.42 Å². The van der Waals surface area contributed by atoms with Gasteiger partial charge >= 0.3 is 118 Å². The Bertz CT molecular complexity index is 834. The van der Waals surface area contributed by atoms with Crippen LogP contribution in [-0.4, -0.2) is 59.5 Å². The Balaban J connectivity index is -0.00000114. The summed E-state index contributed by atoms with van der Waals surface area (Å²) in [6.07, 6.45) is 14.9. The first-order valence-corrected chi connectivity index (χ1v) is 15.2. The van der Waals surface area contributed by atoms with Gasteiger partial charge in [0.1, 0.15) is 10.1 Å². The van der Waals surface area contributed by atoms with Gasteiger partial charge in [0, 0.05) is 25.4 Å². The second-order valence-electron chi connectivity index (χ2n) is 9.81. The Labute approximate surface area is 340 Å². The zero-order valence-electron chi connectivity index (χ0n) is 26.5. The van der Waals surface area contributed by atoms with E-state index in [9.17, 15) is 47.5 Å². The van der Waals surface area contributed by atoms with Gasteiger partial charge in [0.2, 0.25) is 5.91 Å². The van der Waals surface area contributed by atoms with E-state index in [2.05, 4.69) is 6.92 Å². The van der Waals surface area contributed by atoms with Gasteiger partial charge in [-0.15, -0.1) is 0 Å². The van der Waals surface area contributed by atoms with E-state index in [0.717, 1.165) is 32.1 Å². The number of aliphatic carboxylic acids is 3. The van der Waals surface area contributed by atoms with Crippen molar-refractivity contribution in [2.45, 2.75) is 134 Å². The third kappa shape index (κ3) is 28.0. The molecule has 1 amide bonds. The average molecular weight is 654 g/mol. The summed E-state index contributed by atoms with van der Waals surface area (Å²) >= 11 is 0. The van der Waals surface area contributed by atoms with Gasteiger partial charge in [0.15, 0.2) is 0 Å². The van der Waals surface area contributed by atoms with Crippen LogP contribution in [0.25, 0.3) is 0 Å². The van der Waals surface area contributed by atoms with E-state index < -0.39 is 58.1 Å². The van der Waals surface area contributed by atoms with Crippen LogP contribution >= 0.6 is 0 Å². The van der Waals surface area contributed by atoms with Gasteiger partial charge in [-0.1, -0.05) is 103 Å². The van der Waals surface area contributed by atoms with Crippen molar-refractivity contribution in [3.8, 4) is 0 Å². The Hall–Kier alpha value is 1.79. The summed E-state index contributed by atoms with van der Waals surface area (Å²) in [6, 6.07) is -2.00. The van der Waals surface area contributed by atoms with Crippen molar-refractivity contribution in [3.05, 3.63) is 0 Å². The van der Waals surface area contributed by atoms with E-state index in [1.807, 2.05) is 0 Å².